The van der Waals surface area contributed by atoms with Crippen LogP contribution in [0.15, 0.2) is 18.7 Å². The summed E-state index contributed by atoms with van der Waals surface area (Å²) >= 11 is 0. The molecule has 144 valence electrons. The molecule has 0 unspecified atom stereocenters. The standard InChI is InChI=1S/C17H31N3O5/c1-2-3-4-5-6-7-8-19-17(25)16(24)15(23)14(22)13(21)11-20-10-9-18-12-20/h9-10,12-16,21-24H,2-8,11H2,1H3,(H,19,25)/t13-,14-,15+,16-/m1/s1. The highest BCUT2D eigenvalue weighted by Gasteiger charge is 2.34. The first-order valence-corrected chi connectivity index (χ1v) is 8.93. The van der Waals surface area contributed by atoms with E-state index in [0.29, 0.717) is 6.54 Å². The van der Waals surface area contributed by atoms with Crippen LogP contribution in [0.5, 0.6) is 0 Å². The van der Waals surface area contributed by atoms with Crippen LogP contribution in [-0.4, -0.2) is 66.8 Å². The summed E-state index contributed by atoms with van der Waals surface area (Å²) in [4.78, 5) is 15.6. The largest absolute Gasteiger partial charge is 0.388 e. The first-order valence-electron chi connectivity index (χ1n) is 8.93. The van der Waals surface area contributed by atoms with Gasteiger partial charge in [0.1, 0.15) is 18.3 Å². The molecule has 1 aromatic heterocycles. The number of aromatic nitrogens is 2. The lowest BCUT2D eigenvalue weighted by Gasteiger charge is -2.26. The van der Waals surface area contributed by atoms with Gasteiger partial charge >= 0.3 is 0 Å². The second kappa shape index (κ2) is 12.0. The van der Waals surface area contributed by atoms with E-state index in [4.69, 9.17) is 0 Å². The average Bonchev–Trinajstić information content (AvgIpc) is 3.11. The van der Waals surface area contributed by atoms with E-state index in [1.807, 2.05) is 0 Å². The number of aliphatic hydroxyl groups is 4. The normalized spacial score (nSPS) is 16.2. The van der Waals surface area contributed by atoms with E-state index in [1.165, 1.54) is 36.4 Å². The number of imidazole rings is 1. The zero-order valence-electron chi connectivity index (χ0n) is 14.8. The second-order valence-corrected chi connectivity index (χ2v) is 6.31. The Kier molecular flexibility index (Phi) is 10.3. The van der Waals surface area contributed by atoms with E-state index in [0.717, 1.165) is 19.3 Å². The molecule has 1 heterocycles. The van der Waals surface area contributed by atoms with Gasteiger partial charge in [-0.2, -0.15) is 0 Å². The first-order chi connectivity index (χ1) is 12.0. The molecule has 0 fully saturated rings. The molecule has 0 radical (unpaired) electrons. The minimum atomic E-state index is -1.80. The van der Waals surface area contributed by atoms with E-state index >= 15 is 0 Å². The van der Waals surface area contributed by atoms with E-state index in [9.17, 15) is 25.2 Å². The first kappa shape index (κ1) is 21.6. The van der Waals surface area contributed by atoms with Gasteiger partial charge in [0.25, 0.3) is 5.91 Å². The summed E-state index contributed by atoms with van der Waals surface area (Å²) < 4.78 is 1.52. The van der Waals surface area contributed by atoms with Gasteiger partial charge in [0, 0.05) is 18.9 Å². The molecule has 1 amide bonds. The lowest BCUT2D eigenvalue weighted by molar-refractivity contribution is -0.147. The van der Waals surface area contributed by atoms with E-state index in [-0.39, 0.29) is 6.54 Å². The number of nitrogens with zero attached hydrogens (tertiary/aromatic N) is 2. The Labute approximate surface area is 148 Å². The maximum absolute atomic E-state index is 11.8. The van der Waals surface area contributed by atoms with Crippen LogP contribution < -0.4 is 5.32 Å². The Morgan fingerprint density at radius 3 is 2.40 bits per heavy atom. The molecule has 8 heteroatoms. The summed E-state index contributed by atoms with van der Waals surface area (Å²) in [5, 5.41) is 42.1. The lowest BCUT2D eigenvalue weighted by Crippen LogP contribution is -2.51. The van der Waals surface area contributed by atoms with Gasteiger partial charge in [-0.15, -0.1) is 0 Å². The van der Waals surface area contributed by atoms with Crippen molar-refractivity contribution in [3.05, 3.63) is 18.7 Å². The summed E-state index contributed by atoms with van der Waals surface area (Å²) in [7, 11) is 0. The molecular weight excluding hydrogens is 326 g/mol. The summed E-state index contributed by atoms with van der Waals surface area (Å²) in [5.41, 5.74) is 0. The van der Waals surface area contributed by atoms with Gasteiger partial charge in [-0.3, -0.25) is 4.79 Å². The Morgan fingerprint density at radius 1 is 1.08 bits per heavy atom. The smallest absolute Gasteiger partial charge is 0.251 e. The quantitative estimate of drug-likeness (QED) is 0.311. The van der Waals surface area contributed by atoms with E-state index < -0.39 is 30.3 Å². The number of hydrogen-bond donors (Lipinski definition) is 5. The fourth-order valence-corrected chi connectivity index (χ4v) is 2.51. The van der Waals surface area contributed by atoms with Gasteiger partial charge in [-0.1, -0.05) is 39.0 Å². The highest BCUT2D eigenvalue weighted by atomic mass is 16.4. The summed E-state index contributed by atoms with van der Waals surface area (Å²) in [5.74, 6) is -0.755. The fraction of sp³-hybridized carbons (Fsp3) is 0.765. The summed E-state index contributed by atoms with van der Waals surface area (Å²) in [6, 6.07) is 0. The van der Waals surface area contributed by atoms with Gasteiger partial charge in [-0.05, 0) is 6.42 Å². The summed E-state index contributed by atoms with van der Waals surface area (Å²) in [6.07, 6.45) is 4.43. The molecule has 1 aromatic rings. The minimum absolute atomic E-state index is 0.00960. The summed E-state index contributed by atoms with van der Waals surface area (Å²) in [6.45, 7) is 2.54. The molecular formula is C17H31N3O5. The molecule has 1 rings (SSSR count). The van der Waals surface area contributed by atoms with Gasteiger partial charge < -0.3 is 30.3 Å². The van der Waals surface area contributed by atoms with Crippen LogP contribution in [0, 0.1) is 0 Å². The van der Waals surface area contributed by atoms with Crippen LogP contribution >= 0.6 is 0 Å². The maximum Gasteiger partial charge on any atom is 0.251 e. The van der Waals surface area contributed by atoms with Crippen molar-refractivity contribution in [3.8, 4) is 0 Å². The molecule has 0 aliphatic rings. The topological polar surface area (TPSA) is 128 Å². The third kappa shape index (κ3) is 7.96. The number of carbonyl (C=O) groups excluding carboxylic acids is 1. The third-order valence-electron chi connectivity index (χ3n) is 4.12. The minimum Gasteiger partial charge on any atom is -0.388 e. The number of carbonyl (C=O) groups is 1. The van der Waals surface area contributed by atoms with Gasteiger partial charge in [0.15, 0.2) is 6.10 Å². The van der Waals surface area contributed by atoms with Crippen molar-refractivity contribution in [2.75, 3.05) is 6.54 Å². The third-order valence-corrected chi connectivity index (χ3v) is 4.12. The van der Waals surface area contributed by atoms with Crippen molar-refractivity contribution >= 4 is 5.91 Å². The van der Waals surface area contributed by atoms with Gasteiger partial charge in [0.2, 0.25) is 0 Å². The molecule has 0 saturated carbocycles. The predicted octanol–water partition coefficient (Wildman–Crippen LogP) is -0.197. The Hall–Kier alpha value is -1.48. The van der Waals surface area contributed by atoms with Crippen molar-refractivity contribution in [1.82, 2.24) is 14.9 Å². The number of unbranched alkanes of at least 4 members (excludes halogenated alkanes) is 5. The molecule has 0 aliphatic heterocycles. The molecule has 25 heavy (non-hydrogen) atoms. The Balaban J connectivity index is 2.28. The van der Waals surface area contributed by atoms with Crippen LogP contribution in [0.4, 0.5) is 0 Å². The zero-order valence-corrected chi connectivity index (χ0v) is 14.8. The molecule has 8 nitrogen and oxygen atoms in total. The number of hydrogen-bond acceptors (Lipinski definition) is 6. The SMILES string of the molecule is CCCCCCCCNC(=O)[C@H](O)[C@@H](O)[C@H](O)[C@H](O)Cn1ccnc1. The molecule has 0 aromatic carbocycles. The monoisotopic (exact) mass is 357 g/mol. The van der Waals surface area contributed by atoms with Crippen LogP contribution in [0.25, 0.3) is 0 Å². The number of aliphatic hydroxyl groups excluding tert-OH is 4. The highest BCUT2D eigenvalue weighted by Crippen LogP contribution is 2.08. The molecule has 0 saturated heterocycles. The zero-order chi connectivity index (χ0) is 18.7. The lowest BCUT2D eigenvalue weighted by atomic mass is 10.0. The Morgan fingerprint density at radius 2 is 1.76 bits per heavy atom. The van der Waals surface area contributed by atoms with Crippen LogP contribution in [0.2, 0.25) is 0 Å². The van der Waals surface area contributed by atoms with Gasteiger partial charge in [-0.25, -0.2) is 4.98 Å². The van der Waals surface area contributed by atoms with Crippen molar-refractivity contribution in [2.45, 2.75) is 76.4 Å². The van der Waals surface area contributed by atoms with Crippen molar-refractivity contribution in [1.29, 1.82) is 0 Å². The molecule has 0 aliphatic carbocycles. The Bertz CT molecular complexity index is 469. The van der Waals surface area contributed by atoms with Crippen molar-refractivity contribution in [2.24, 2.45) is 0 Å². The molecule has 4 atom stereocenters. The molecule has 0 spiro atoms. The van der Waals surface area contributed by atoms with Crippen LogP contribution in [0.3, 0.4) is 0 Å². The predicted molar refractivity (Wildman–Crippen MR) is 92.6 cm³/mol. The molecule has 0 bridgehead atoms. The maximum atomic E-state index is 11.8. The van der Waals surface area contributed by atoms with Gasteiger partial charge in [0.05, 0.1) is 12.9 Å². The van der Waals surface area contributed by atoms with Crippen LogP contribution in [0.1, 0.15) is 45.4 Å². The molecule has 5 N–H and O–H groups in total. The van der Waals surface area contributed by atoms with Crippen molar-refractivity contribution < 1.29 is 25.2 Å². The van der Waals surface area contributed by atoms with E-state index in [1.54, 1.807) is 6.20 Å². The second-order valence-electron chi connectivity index (χ2n) is 6.31. The number of nitrogens with one attached hydrogen (secondary N) is 1. The van der Waals surface area contributed by atoms with Crippen molar-refractivity contribution in [3.63, 3.8) is 0 Å². The highest BCUT2D eigenvalue weighted by molar-refractivity contribution is 5.81. The van der Waals surface area contributed by atoms with E-state index in [2.05, 4.69) is 17.2 Å². The number of amides is 1. The fourth-order valence-electron chi connectivity index (χ4n) is 2.51. The number of rotatable bonds is 13. The average molecular weight is 357 g/mol. The van der Waals surface area contributed by atoms with Crippen LogP contribution in [-0.2, 0) is 11.3 Å².